The fraction of sp³-hybridized carbons (Fsp3) is 0.167. The van der Waals surface area contributed by atoms with Crippen molar-refractivity contribution in [3.05, 3.63) is 101 Å². The lowest BCUT2D eigenvalue weighted by molar-refractivity contribution is 0.0950. The number of para-hydroxylation sites is 1. The van der Waals surface area contributed by atoms with Gasteiger partial charge in [-0.3, -0.25) is 4.79 Å². The van der Waals surface area contributed by atoms with Crippen LogP contribution in [0.4, 0.5) is 4.39 Å². The van der Waals surface area contributed by atoms with Crippen molar-refractivity contribution in [1.82, 2.24) is 5.43 Å². The topological polar surface area (TPSA) is 50.7 Å². The Hall–Kier alpha value is -3.47. The first-order valence-corrected chi connectivity index (χ1v) is 9.62. The van der Waals surface area contributed by atoms with E-state index < -0.39 is 0 Å². The predicted molar refractivity (Wildman–Crippen MR) is 111 cm³/mol. The minimum Gasteiger partial charge on any atom is -0.488 e. The number of carbonyl (C=O) groups excluding carboxylic acids is 1. The molecule has 0 aromatic heterocycles. The molecule has 0 radical (unpaired) electrons. The quantitative estimate of drug-likeness (QED) is 0.634. The van der Waals surface area contributed by atoms with Crippen LogP contribution < -0.4 is 10.2 Å². The number of carbonyl (C=O) groups is 1. The average molecular weight is 388 g/mol. The van der Waals surface area contributed by atoms with Crippen LogP contribution in [0.25, 0.3) is 0 Å². The zero-order valence-corrected chi connectivity index (χ0v) is 15.9. The number of ether oxygens (including phenoxy) is 1. The molecule has 3 aromatic carbocycles. The van der Waals surface area contributed by atoms with Gasteiger partial charge in [0.1, 0.15) is 18.2 Å². The molecule has 5 heteroatoms. The van der Waals surface area contributed by atoms with Gasteiger partial charge < -0.3 is 4.74 Å². The summed E-state index contributed by atoms with van der Waals surface area (Å²) in [5, 5.41) is 4.39. The molecule has 146 valence electrons. The van der Waals surface area contributed by atoms with E-state index >= 15 is 0 Å². The Bertz CT molecular complexity index is 1040. The van der Waals surface area contributed by atoms with E-state index in [1.807, 2.05) is 18.2 Å². The van der Waals surface area contributed by atoms with Crippen LogP contribution in [-0.2, 0) is 13.0 Å². The summed E-state index contributed by atoms with van der Waals surface area (Å²) >= 11 is 0. The number of nitrogens with one attached hydrogen (secondary N) is 1. The second kappa shape index (κ2) is 8.69. The number of rotatable bonds is 5. The molecule has 1 aliphatic carbocycles. The van der Waals surface area contributed by atoms with Crippen LogP contribution in [0, 0.1) is 5.82 Å². The van der Waals surface area contributed by atoms with Crippen LogP contribution in [0.1, 0.15) is 39.9 Å². The maximum Gasteiger partial charge on any atom is 0.275 e. The minimum absolute atomic E-state index is 0.243. The van der Waals surface area contributed by atoms with Crippen molar-refractivity contribution in [2.24, 2.45) is 5.10 Å². The van der Waals surface area contributed by atoms with Gasteiger partial charge in [-0.25, -0.2) is 9.82 Å². The van der Waals surface area contributed by atoms with Gasteiger partial charge in [-0.05, 0) is 54.7 Å². The van der Waals surface area contributed by atoms with Crippen LogP contribution in [0.3, 0.4) is 0 Å². The predicted octanol–water partition coefficient (Wildman–Crippen LogP) is 4.88. The Balaban J connectivity index is 1.48. The summed E-state index contributed by atoms with van der Waals surface area (Å²) in [5.41, 5.74) is 7.15. The van der Waals surface area contributed by atoms with Crippen LogP contribution in [0.15, 0.2) is 77.9 Å². The number of benzene rings is 3. The van der Waals surface area contributed by atoms with Crippen molar-refractivity contribution in [2.45, 2.75) is 25.9 Å². The van der Waals surface area contributed by atoms with Crippen molar-refractivity contribution in [3.63, 3.8) is 0 Å². The summed E-state index contributed by atoms with van der Waals surface area (Å²) < 4.78 is 18.8. The highest BCUT2D eigenvalue weighted by Crippen LogP contribution is 2.22. The van der Waals surface area contributed by atoms with Gasteiger partial charge in [-0.1, -0.05) is 48.5 Å². The molecule has 1 amide bonds. The Morgan fingerprint density at radius 2 is 1.72 bits per heavy atom. The van der Waals surface area contributed by atoms with Gasteiger partial charge in [0.25, 0.3) is 5.91 Å². The maximum absolute atomic E-state index is 13.0. The van der Waals surface area contributed by atoms with E-state index in [0.29, 0.717) is 11.3 Å². The summed E-state index contributed by atoms with van der Waals surface area (Å²) in [6, 6.07) is 21.3. The van der Waals surface area contributed by atoms with E-state index in [-0.39, 0.29) is 18.3 Å². The third-order valence-corrected chi connectivity index (χ3v) is 4.92. The van der Waals surface area contributed by atoms with Crippen LogP contribution >= 0.6 is 0 Å². The zero-order chi connectivity index (χ0) is 20.1. The molecular weight excluding hydrogens is 367 g/mol. The molecular formula is C24H21FN2O2. The number of nitrogens with zero attached hydrogens (tertiary/aromatic N) is 1. The van der Waals surface area contributed by atoms with Crippen molar-refractivity contribution < 1.29 is 13.9 Å². The molecule has 0 unspecified atom stereocenters. The summed E-state index contributed by atoms with van der Waals surface area (Å²) in [6.07, 6.45) is 2.88. The third-order valence-electron chi connectivity index (χ3n) is 4.92. The SMILES string of the molecule is O=C(N/N=C1\CCCc2ccccc21)c1ccccc1OCc1ccc(F)cc1. The lowest BCUT2D eigenvalue weighted by Gasteiger charge is -2.17. The van der Waals surface area contributed by atoms with Gasteiger partial charge in [0.15, 0.2) is 0 Å². The molecule has 0 heterocycles. The van der Waals surface area contributed by atoms with Crippen LogP contribution in [0.5, 0.6) is 5.75 Å². The van der Waals surface area contributed by atoms with E-state index in [2.05, 4.69) is 16.6 Å². The largest absolute Gasteiger partial charge is 0.488 e. The molecule has 1 N–H and O–H groups in total. The van der Waals surface area contributed by atoms with E-state index in [1.54, 1.807) is 36.4 Å². The molecule has 0 fully saturated rings. The van der Waals surface area contributed by atoms with E-state index in [9.17, 15) is 9.18 Å². The molecule has 0 aliphatic heterocycles. The van der Waals surface area contributed by atoms with Crippen LogP contribution in [0.2, 0.25) is 0 Å². The van der Waals surface area contributed by atoms with Gasteiger partial charge in [0, 0.05) is 5.56 Å². The van der Waals surface area contributed by atoms with Gasteiger partial charge in [-0.2, -0.15) is 5.10 Å². The first-order valence-electron chi connectivity index (χ1n) is 9.62. The second-order valence-corrected chi connectivity index (χ2v) is 6.92. The molecule has 1 aliphatic rings. The normalized spacial score (nSPS) is 14.3. The average Bonchev–Trinajstić information content (AvgIpc) is 2.77. The van der Waals surface area contributed by atoms with Gasteiger partial charge >= 0.3 is 0 Å². The second-order valence-electron chi connectivity index (χ2n) is 6.92. The van der Waals surface area contributed by atoms with Crippen LogP contribution in [-0.4, -0.2) is 11.6 Å². The number of amides is 1. The zero-order valence-electron chi connectivity index (χ0n) is 15.9. The molecule has 29 heavy (non-hydrogen) atoms. The van der Waals surface area contributed by atoms with Gasteiger partial charge in [-0.15, -0.1) is 0 Å². The summed E-state index contributed by atoms with van der Waals surface area (Å²) in [5.74, 6) is -0.161. The standard InChI is InChI=1S/C24H21FN2O2/c25-19-14-12-17(13-15-19)16-29-23-11-4-3-9-21(23)24(28)27-26-22-10-5-7-18-6-1-2-8-20(18)22/h1-4,6,8-9,11-15H,5,7,10,16H2,(H,27,28)/b26-22+. The Kier molecular flexibility index (Phi) is 5.66. The van der Waals surface area contributed by atoms with E-state index in [1.165, 1.54) is 17.7 Å². The molecule has 3 aromatic rings. The number of fused-ring (bicyclic) bond motifs is 1. The molecule has 0 bridgehead atoms. The number of hydrazone groups is 1. The minimum atomic E-state index is -0.324. The smallest absolute Gasteiger partial charge is 0.275 e. The number of hydrogen-bond donors (Lipinski definition) is 1. The van der Waals surface area contributed by atoms with Crippen molar-refractivity contribution in [1.29, 1.82) is 0 Å². The highest BCUT2D eigenvalue weighted by molar-refractivity contribution is 6.04. The molecule has 0 atom stereocenters. The maximum atomic E-state index is 13.0. The van der Waals surface area contributed by atoms with Gasteiger partial charge in [0.05, 0.1) is 11.3 Å². The van der Waals surface area contributed by atoms with Crippen molar-refractivity contribution in [3.8, 4) is 5.75 Å². The fourth-order valence-electron chi connectivity index (χ4n) is 3.42. The highest BCUT2D eigenvalue weighted by atomic mass is 19.1. The molecule has 0 saturated heterocycles. The lowest BCUT2D eigenvalue weighted by Crippen LogP contribution is -2.22. The van der Waals surface area contributed by atoms with Crippen molar-refractivity contribution >= 4 is 11.6 Å². The fourth-order valence-corrected chi connectivity index (χ4v) is 3.42. The first-order chi connectivity index (χ1) is 14.2. The Morgan fingerprint density at radius 3 is 2.59 bits per heavy atom. The molecule has 4 rings (SSSR count). The lowest BCUT2D eigenvalue weighted by atomic mass is 9.90. The van der Waals surface area contributed by atoms with Gasteiger partial charge in [0.2, 0.25) is 0 Å². The van der Waals surface area contributed by atoms with E-state index in [4.69, 9.17) is 4.74 Å². The highest BCUT2D eigenvalue weighted by Gasteiger charge is 2.16. The molecule has 0 spiro atoms. The number of aryl methyl sites for hydroxylation is 1. The van der Waals surface area contributed by atoms with E-state index in [0.717, 1.165) is 36.1 Å². The summed E-state index contributed by atoms with van der Waals surface area (Å²) in [6.45, 7) is 0.243. The number of hydrogen-bond acceptors (Lipinski definition) is 3. The monoisotopic (exact) mass is 388 g/mol. The Labute approximate surface area is 169 Å². The van der Waals surface area contributed by atoms with Crippen molar-refractivity contribution in [2.75, 3.05) is 0 Å². The third kappa shape index (κ3) is 4.51. The first kappa shape index (κ1) is 18.9. The summed E-state index contributed by atoms with van der Waals surface area (Å²) in [4.78, 5) is 12.7. The Morgan fingerprint density at radius 1 is 0.966 bits per heavy atom. The number of halogens is 1. The molecule has 4 nitrogen and oxygen atoms in total. The molecule has 0 saturated carbocycles. The summed E-state index contributed by atoms with van der Waals surface area (Å²) in [7, 11) is 0.